The average molecular weight is 225 g/mol. The van der Waals surface area contributed by atoms with Crippen LogP contribution in [-0.2, 0) is 4.74 Å². The van der Waals surface area contributed by atoms with Crippen LogP contribution < -0.4 is 5.32 Å². The normalized spacial score (nSPS) is 14.2. The van der Waals surface area contributed by atoms with Gasteiger partial charge in [0.1, 0.15) is 5.82 Å². The van der Waals surface area contributed by atoms with Gasteiger partial charge in [-0.25, -0.2) is 14.8 Å². The third kappa shape index (κ3) is 3.16. The predicted octanol–water partition coefficient (Wildman–Crippen LogP) is 1.01. The van der Waals surface area contributed by atoms with Crippen molar-refractivity contribution in [1.29, 1.82) is 0 Å². The zero-order valence-electron chi connectivity index (χ0n) is 9.47. The first-order valence-corrected chi connectivity index (χ1v) is 4.89. The molecule has 2 N–H and O–H groups in total. The molecule has 1 heterocycles. The third-order valence-electron chi connectivity index (χ3n) is 2.32. The van der Waals surface area contributed by atoms with Crippen LogP contribution >= 0.6 is 0 Å². The minimum atomic E-state index is -1.09. The van der Waals surface area contributed by atoms with Crippen molar-refractivity contribution in [3.8, 4) is 0 Å². The Labute approximate surface area is 93.7 Å². The van der Waals surface area contributed by atoms with Gasteiger partial charge in [0.15, 0.2) is 5.69 Å². The van der Waals surface area contributed by atoms with Gasteiger partial charge >= 0.3 is 5.97 Å². The van der Waals surface area contributed by atoms with Crippen molar-refractivity contribution in [2.45, 2.75) is 26.0 Å². The molecule has 2 atom stereocenters. The second-order valence-electron chi connectivity index (χ2n) is 3.47. The highest BCUT2D eigenvalue weighted by Crippen LogP contribution is 2.06. The van der Waals surface area contributed by atoms with E-state index < -0.39 is 5.97 Å². The molecule has 6 nitrogen and oxygen atoms in total. The quantitative estimate of drug-likeness (QED) is 0.778. The maximum Gasteiger partial charge on any atom is 0.356 e. The number of methoxy groups -OCH3 is 1. The number of nitrogens with zero attached hydrogens (tertiary/aromatic N) is 2. The van der Waals surface area contributed by atoms with E-state index in [4.69, 9.17) is 9.84 Å². The second-order valence-corrected chi connectivity index (χ2v) is 3.47. The van der Waals surface area contributed by atoms with Crippen LogP contribution in [0.5, 0.6) is 0 Å². The zero-order valence-corrected chi connectivity index (χ0v) is 9.47. The fourth-order valence-electron chi connectivity index (χ4n) is 1.07. The summed E-state index contributed by atoms with van der Waals surface area (Å²) < 4.78 is 5.14. The first kappa shape index (κ1) is 12.4. The Bertz CT molecular complexity index is 353. The summed E-state index contributed by atoms with van der Waals surface area (Å²) in [7, 11) is 1.63. The van der Waals surface area contributed by atoms with Crippen molar-refractivity contribution in [1.82, 2.24) is 9.97 Å². The standard InChI is InChI=1S/C10H15N3O3/c1-6(7(2)16-3)13-9-5-11-8(4-12-9)10(14)15/h4-7H,1-3H3,(H,12,13)(H,14,15)/t6-,7?/m1/s1. The molecule has 1 unspecified atom stereocenters. The number of ether oxygens (including phenoxy) is 1. The van der Waals surface area contributed by atoms with Gasteiger partial charge in [0.2, 0.25) is 0 Å². The number of anilines is 1. The minimum Gasteiger partial charge on any atom is -0.476 e. The molecule has 1 rings (SSSR count). The SMILES string of the molecule is COC(C)[C@@H](C)Nc1cnc(C(=O)O)cn1. The maximum atomic E-state index is 10.5. The lowest BCUT2D eigenvalue weighted by atomic mass is 10.2. The zero-order chi connectivity index (χ0) is 12.1. The molecule has 0 aliphatic carbocycles. The number of carboxylic acid groups (broad SMARTS) is 1. The van der Waals surface area contributed by atoms with Crippen LogP contribution in [0.2, 0.25) is 0 Å². The lowest BCUT2D eigenvalue weighted by Crippen LogP contribution is -2.30. The Morgan fingerprint density at radius 2 is 2.12 bits per heavy atom. The van der Waals surface area contributed by atoms with E-state index in [0.29, 0.717) is 5.82 Å². The highest BCUT2D eigenvalue weighted by molar-refractivity contribution is 5.84. The van der Waals surface area contributed by atoms with Crippen LogP contribution in [0.4, 0.5) is 5.82 Å². The van der Waals surface area contributed by atoms with Crippen LogP contribution in [0, 0.1) is 0 Å². The molecule has 0 bridgehead atoms. The summed E-state index contributed by atoms with van der Waals surface area (Å²) in [6, 6.07) is 0.0648. The molecule has 0 saturated carbocycles. The second kappa shape index (κ2) is 5.41. The molecule has 88 valence electrons. The van der Waals surface area contributed by atoms with E-state index in [0.717, 1.165) is 0 Å². The maximum absolute atomic E-state index is 10.5. The molecule has 0 aliphatic heterocycles. The largest absolute Gasteiger partial charge is 0.476 e. The Kier molecular flexibility index (Phi) is 4.19. The number of carboxylic acids is 1. The van der Waals surface area contributed by atoms with Gasteiger partial charge in [-0.05, 0) is 13.8 Å². The van der Waals surface area contributed by atoms with Crippen molar-refractivity contribution in [2.75, 3.05) is 12.4 Å². The summed E-state index contributed by atoms with van der Waals surface area (Å²) in [4.78, 5) is 18.2. The summed E-state index contributed by atoms with van der Waals surface area (Å²) in [5.74, 6) is -0.557. The number of aromatic nitrogens is 2. The number of aromatic carboxylic acids is 1. The van der Waals surface area contributed by atoms with Crippen molar-refractivity contribution >= 4 is 11.8 Å². The van der Waals surface area contributed by atoms with Crippen LogP contribution in [0.15, 0.2) is 12.4 Å². The molecule has 0 saturated heterocycles. The lowest BCUT2D eigenvalue weighted by Gasteiger charge is -2.20. The van der Waals surface area contributed by atoms with E-state index in [-0.39, 0.29) is 17.8 Å². The molecular formula is C10H15N3O3. The van der Waals surface area contributed by atoms with Crippen molar-refractivity contribution in [3.63, 3.8) is 0 Å². The summed E-state index contributed by atoms with van der Waals surface area (Å²) in [5, 5.41) is 11.7. The Hall–Kier alpha value is -1.69. The molecule has 0 radical (unpaired) electrons. The van der Waals surface area contributed by atoms with Gasteiger partial charge in [-0.3, -0.25) is 0 Å². The summed E-state index contributed by atoms with van der Waals surface area (Å²) in [5.41, 5.74) is -0.0713. The van der Waals surface area contributed by atoms with Gasteiger partial charge in [0.25, 0.3) is 0 Å². The van der Waals surface area contributed by atoms with E-state index in [1.165, 1.54) is 12.4 Å². The van der Waals surface area contributed by atoms with Crippen molar-refractivity contribution in [2.24, 2.45) is 0 Å². The molecule has 0 spiro atoms. The molecule has 0 fully saturated rings. The van der Waals surface area contributed by atoms with Gasteiger partial charge in [0, 0.05) is 7.11 Å². The van der Waals surface area contributed by atoms with Gasteiger partial charge in [0.05, 0.1) is 24.5 Å². The Morgan fingerprint density at radius 1 is 1.44 bits per heavy atom. The Balaban J connectivity index is 2.65. The van der Waals surface area contributed by atoms with Gasteiger partial charge in [-0.2, -0.15) is 0 Å². The highest BCUT2D eigenvalue weighted by atomic mass is 16.5. The summed E-state index contributed by atoms with van der Waals surface area (Å²) in [6.07, 6.45) is 2.64. The van der Waals surface area contributed by atoms with Crippen LogP contribution in [-0.4, -0.2) is 40.3 Å². The number of carbonyl (C=O) groups is 1. The first-order valence-electron chi connectivity index (χ1n) is 4.89. The van der Waals surface area contributed by atoms with Crippen LogP contribution in [0.1, 0.15) is 24.3 Å². The van der Waals surface area contributed by atoms with E-state index in [2.05, 4.69) is 15.3 Å². The van der Waals surface area contributed by atoms with Gasteiger partial charge in [-0.1, -0.05) is 0 Å². The highest BCUT2D eigenvalue weighted by Gasteiger charge is 2.12. The molecule has 0 amide bonds. The van der Waals surface area contributed by atoms with Gasteiger partial charge in [-0.15, -0.1) is 0 Å². The monoisotopic (exact) mass is 225 g/mol. The van der Waals surface area contributed by atoms with E-state index >= 15 is 0 Å². The number of hydrogen-bond acceptors (Lipinski definition) is 5. The minimum absolute atomic E-state index is 0.0287. The van der Waals surface area contributed by atoms with Crippen molar-refractivity contribution in [3.05, 3.63) is 18.1 Å². The fraction of sp³-hybridized carbons (Fsp3) is 0.500. The molecule has 6 heteroatoms. The fourth-order valence-corrected chi connectivity index (χ4v) is 1.07. The smallest absolute Gasteiger partial charge is 0.356 e. The summed E-state index contributed by atoms with van der Waals surface area (Å²) in [6.45, 7) is 3.87. The molecule has 0 aromatic carbocycles. The molecule has 1 aromatic heterocycles. The topological polar surface area (TPSA) is 84.3 Å². The number of hydrogen-bond donors (Lipinski definition) is 2. The predicted molar refractivity (Wildman–Crippen MR) is 58.5 cm³/mol. The molecular weight excluding hydrogens is 210 g/mol. The molecule has 1 aromatic rings. The summed E-state index contributed by atoms with van der Waals surface area (Å²) >= 11 is 0. The van der Waals surface area contributed by atoms with E-state index in [1.807, 2.05) is 13.8 Å². The van der Waals surface area contributed by atoms with Crippen LogP contribution in [0.3, 0.4) is 0 Å². The van der Waals surface area contributed by atoms with Crippen molar-refractivity contribution < 1.29 is 14.6 Å². The number of nitrogens with one attached hydrogen (secondary N) is 1. The number of rotatable bonds is 5. The molecule has 16 heavy (non-hydrogen) atoms. The molecule has 0 aliphatic rings. The Morgan fingerprint density at radius 3 is 2.56 bits per heavy atom. The van der Waals surface area contributed by atoms with E-state index in [1.54, 1.807) is 7.11 Å². The first-order chi connectivity index (χ1) is 7.54. The van der Waals surface area contributed by atoms with Gasteiger partial charge < -0.3 is 15.2 Å². The van der Waals surface area contributed by atoms with Crippen LogP contribution in [0.25, 0.3) is 0 Å². The van der Waals surface area contributed by atoms with E-state index in [9.17, 15) is 4.79 Å². The lowest BCUT2D eigenvalue weighted by molar-refractivity contribution is 0.0690. The average Bonchev–Trinajstić information content (AvgIpc) is 2.28. The third-order valence-corrected chi connectivity index (χ3v) is 2.32.